The Morgan fingerprint density at radius 2 is 1.91 bits per heavy atom. The molecule has 1 aromatic carbocycles. The molecule has 0 aliphatic carbocycles. The first-order valence-corrected chi connectivity index (χ1v) is 8.33. The first kappa shape index (κ1) is 18.4. The zero-order valence-corrected chi connectivity index (χ0v) is 14.4. The number of hydrogen-bond donors (Lipinski definition) is 2. The maximum absolute atomic E-state index is 11.8. The van der Waals surface area contributed by atoms with Crippen molar-refractivity contribution in [3.8, 4) is 0 Å². The van der Waals surface area contributed by atoms with Gasteiger partial charge in [-0.2, -0.15) is 11.8 Å². The third-order valence-electron chi connectivity index (χ3n) is 2.57. The van der Waals surface area contributed by atoms with Crippen molar-refractivity contribution in [1.29, 1.82) is 0 Å². The number of hydrogen-bond acceptors (Lipinski definition) is 4. The molecule has 0 saturated heterocycles. The molecule has 0 saturated carbocycles. The topological polar surface area (TPSA) is 67.4 Å². The summed E-state index contributed by atoms with van der Waals surface area (Å²) in [6.07, 6.45) is -0.433. The molecule has 5 nitrogen and oxygen atoms in total. The highest BCUT2D eigenvalue weighted by Gasteiger charge is 2.15. The highest BCUT2D eigenvalue weighted by atomic mass is 32.2. The fourth-order valence-corrected chi connectivity index (χ4v) is 2.25. The van der Waals surface area contributed by atoms with E-state index in [9.17, 15) is 9.59 Å². The summed E-state index contributed by atoms with van der Waals surface area (Å²) in [5.41, 5.74) is 1.37. The molecular formula is C16H24N2O3S. The predicted octanol–water partition coefficient (Wildman–Crippen LogP) is 3.19. The Kier molecular flexibility index (Phi) is 7.24. The molecule has 0 bridgehead atoms. The molecule has 22 heavy (non-hydrogen) atoms. The predicted molar refractivity (Wildman–Crippen MR) is 91.4 cm³/mol. The van der Waals surface area contributed by atoms with E-state index in [2.05, 4.69) is 10.6 Å². The van der Waals surface area contributed by atoms with Gasteiger partial charge in [0.15, 0.2) is 0 Å². The highest BCUT2D eigenvalue weighted by molar-refractivity contribution is 7.99. The first-order chi connectivity index (χ1) is 10.3. The SMILES string of the molecule is Cc1ccccc1NC(=O)CSCCNC(=O)OC(C)(C)C. The lowest BCUT2D eigenvalue weighted by Gasteiger charge is -2.19. The van der Waals surface area contributed by atoms with E-state index in [1.54, 1.807) is 0 Å². The molecule has 2 N–H and O–H groups in total. The number of alkyl carbamates (subject to hydrolysis) is 1. The summed E-state index contributed by atoms with van der Waals surface area (Å²) < 4.78 is 5.12. The van der Waals surface area contributed by atoms with E-state index in [-0.39, 0.29) is 5.91 Å². The fraction of sp³-hybridized carbons (Fsp3) is 0.500. The summed E-state index contributed by atoms with van der Waals surface area (Å²) >= 11 is 1.46. The number of benzene rings is 1. The van der Waals surface area contributed by atoms with Gasteiger partial charge in [0.25, 0.3) is 0 Å². The van der Waals surface area contributed by atoms with Crippen LogP contribution in [0.4, 0.5) is 10.5 Å². The molecule has 122 valence electrons. The second kappa shape index (κ2) is 8.68. The van der Waals surface area contributed by atoms with E-state index in [0.29, 0.717) is 18.1 Å². The minimum atomic E-state index is -0.495. The van der Waals surface area contributed by atoms with Gasteiger partial charge in [-0.25, -0.2) is 4.79 Å². The number of para-hydroxylation sites is 1. The smallest absolute Gasteiger partial charge is 0.407 e. The van der Waals surface area contributed by atoms with Gasteiger partial charge in [0.05, 0.1) is 5.75 Å². The molecule has 1 aromatic rings. The lowest BCUT2D eigenvalue weighted by molar-refractivity contribution is -0.113. The van der Waals surface area contributed by atoms with Crippen LogP contribution < -0.4 is 10.6 Å². The number of anilines is 1. The number of carbonyl (C=O) groups is 2. The average molecular weight is 324 g/mol. The number of rotatable bonds is 6. The maximum atomic E-state index is 11.8. The summed E-state index contributed by atoms with van der Waals surface area (Å²) in [5, 5.41) is 5.53. The van der Waals surface area contributed by atoms with Crippen molar-refractivity contribution in [3.05, 3.63) is 29.8 Å². The molecular weight excluding hydrogens is 300 g/mol. The number of carbonyl (C=O) groups excluding carboxylic acids is 2. The maximum Gasteiger partial charge on any atom is 0.407 e. The van der Waals surface area contributed by atoms with Crippen LogP contribution in [-0.2, 0) is 9.53 Å². The van der Waals surface area contributed by atoms with Gasteiger partial charge < -0.3 is 15.4 Å². The molecule has 6 heteroatoms. The average Bonchev–Trinajstić information content (AvgIpc) is 2.39. The molecule has 0 aliphatic rings. The van der Waals surface area contributed by atoms with E-state index >= 15 is 0 Å². The van der Waals surface area contributed by atoms with Gasteiger partial charge in [0.1, 0.15) is 5.60 Å². The third-order valence-corrected chi connectivity index (χ3v) is 3.53. The summed E-state index contributed by atoms with van der Waals surface area (Å²) in [4.78, 5) is 23.2. The van der Waals surface area contributed by atoms with Gasteiger partial charge in [-0.05, 0) is 39.3 Å². The Bertz CT molecular complexity index is 512. The Labute approximate surface area is 136 Å². The summed E-state index contributed by atoms with van der Waals surface area (Å²) in [5.74, 6) is 0.960. The highest BCUT2D eigenvalue weighted by Crippen LogP contribution is 2.13. The van der Waals surface area contributed by atoms with Crippen LogP contribution in [0.25, 0.3) is 0 Å². The second-order valence-electron chi connectivity index (χ2n) is 5.84. The molecule has 0 radical (unpaired) electrons. The van der Waals surface area contributed by atoms with Gasteiger partial charge in [-0.15, -0.1) is 0 Å². The van der Waals surface area contributed by atoms with Crippen LogP contribution in [0.5, 0.6) is 0 Å². The molecule has 1 rings (SSSR count). The van der Waals surface area contributed by atoms with Crippen molar-refractivity contribution in [2.24, 2.45) is 0 Å². The summed E-state index contributed by atoms with van der Waals surface area (Å²) in [6.45, 7) is 7.87. The van der Waals surface area contributed by atoms with Crippen LogP contribution in [-0.4, -0.2) is 35.7 Å². The van der Waals surface area contributed by atoms with E-state index in [1.165, 1.54) is 11.8 Å². The summed E-state index contributed by atoms with van der Waals surface area (Å²) in [7, 11) is 0. The fourth-order valence-electron chi connectivity index (χ4n) is 1.60. The van der Waals surface area contributed by atoms with Gasteiger partial charge in [-0.3, -0.25) is 4.79 Å². The molecule has 0 aliphatic heterocycles. The monoisotopic (exact) mass is 324 g/mol. The van der Waals surface area contributed by atoms with Crippen LogP contribution in [0.1, 0.15) is 26.3 Å². The van der Waals surface area contributed by atoms with Gasteiger partial charge in [0, 0.05) is 18.0 Å². The Morgan fingerprint density at radius 3 is 2.55 bits per heavy atom. The molecule has 0 heterocycles. The van der Waals surface area contributed by atoms with Crippen LogP contribution in [0.15, 0.2) is 24.3 Å². The molecule has 0 spiro atoms. The quantitative estimate of drug-likeness (QED) is 0.789. The largest absolute Gasteiger partial charge is 0.444 e. The second-order valence-corrected chi connectivity index (χ2v) is 6.95. The Morgan fingerprint density at radius 1 is 1.23 bits per heavy atom. The van der Waals surface area contributed by atoms with Crippen LogP contribution in [0.2, 0.25) is 0 Å². The minimum absolute atomic E-state index is 0.0448. The third kappa shape index (κ3) is 7.93. The number of aryl methyl sites for hydroxylation is 1. The lowest BCUT2D eigenvalue weighted by Crippen LogP contribution is -2.33. The van der Waals surface area contributed by atoms with Crippen molar-refractivity contribution >= 4 is 29.4 Å². The zero-order valence-electron chi connectivity index (χ0n) is 13.6. The van der Waals surface area contributed by atoms with Crippen LogP contribution in [0, 0.1) is 6.92 Å². The Hall–Kier alpha value is -1.69. The molecule has 0 atom stereocenters. The first-order valence-electron chi connectivity index (χ1n) is 7.18. The van der Waals surface area contributed by atoms with Crippen molar-refractivity contribution in [1.82, 2.24) is 5.32 Å². The molecule has 0 unspecified atom stereocenters. The molecule has 0 fully saturated rings. The van der Waals surface area contributed by atoms with Crippen molar-refractivity contribution in [2.45, 2.75) is 33.3 Å². The van der Waals surface area contributed by atoms with Crippen LogP contribution in [0.3, 0.4) is 0 Å². The van der Waals surface area contributed by atoms with E-state index in [4.69, 9.17) is 4.74 Å². The van der Waals surface area contributed by atoms with Crippen molar-refractivity contribution in [2.75, 3.05) is 23.4 Å². The number of nitrogens with one attached hydrogen (secondary N) is 2. The van der Waals surface area contributed by atoms with Gasteiger partial charge in [0.2, 0.25) is 5.91 Å². The van der Waals surface area contributed by atoms with E-state index in [0.717, 1.165) is 11.3 Å². The number of amides is 2. The van der Waals surface area contributed by atoms with E-state index < -0.39 is 11.7 Å². The minimum Gasteiger partial charge on any atom is -0.444 e. The number of ether oxygens (including phenoxy) is 1. The lowest BCUT2D eigenvalue weighted by atomic mass is 10.2. The van der Waals surface area contributed by atoms with Crippen molar-refractivity contribution < 1.29 is 14.3 Å². The summed E-state index contributed by atoms with van der Waals surface area (Å²) in [6, 6.07) is 7.65. The number of thioether (sulfide) groups is 1. The zero-order chi connectivity index (χ0) is 16.6. The van der Waals surface area contributed by atoms with E-state index in [1.807, 2.05) is 52.0 Å². The van der Waals surface area contributed by atoms with Crippen molar-refractivity contribution in [3.63, 3.8) is 0 Å². The normalized spacial score (nSPS) is 10.9. The molecule has 0 aromatic heterocycles. The standard InChI is InChI=1S/C16H24N2O3S/c1-12-7-5-6-8-13(12)18-14(19)11-22-10-9-17-15(20)21-16(2,3)4/h5-8H,9-11H2,1-4H3,(H,17,20)(H,18,19). The van der Waals surface area contributed by atoms with Gasteiger partial charge >= 0.3 is 6.09 Å². The van der Waals surface area contributed by atoms with Gasteiger partial charge in [-0.1, -0.05) is 18.2 Å². The van der Waals surface area contributed by atoms with Crippen LogP contribution >= 0.6 is 11.8 Å². The Balaban J connectivity index is 2.16. The molecule has 2 amide bonds.